The molecule has 1 saturated heterocycles. The van der Waals surface area contributed by atoms with E-state index in [2.05, 4.69) is 17.3 Å². The number of nitrogens with zero attached hydrogens (tertiary/aromatic N) is 1. The molecule has 0 aromatic heterocycles. The fourth-order valence-corrected chi connectivity index (χ4v) is 2.91. The van der Waals surface area contributed by atoms with E-state index in [1.165, 1.54) is 12.8 Å². The summed E-state index contributed by atoms with van der Waals surface area (Å²) in [6, 6.07) is 0.336. The maximum Gasteiger partial charge on any atom is 0.222 e. The van der Waals surface area contributed by atoms with Gasteiger partial charge < -0.3 is 16.0 Å². The van der Waals surface area contributed by atoms with Crippen LogP contribution in [0.25, 0.3) is 0 Å². The van der Waals surface area contributed by atoms with Gasteiger partial charge in [-0.3, -0.25) is 4.79 Å². The Labute approximate surface area is 97.6 Å². The molecule has 1 aliphatic carbocycles. The zero-order chi connectivity index (χ0) is 11.6. The average Bonchev–Trinajstić information content (AvgIpc) is 2.75. The lowest BCUT2D eigenvalue weighted by Gasteiger charge is -2.23. The normalized spacial score (nSPS) is 29.5. The third kappa shape index (κ3) is 2.95. The number of rotatable bonds is 3. The summed E-state index contributed by atoms with van der Waals surface area (Å²) in [5.74, 6) is 0.143. The Morgan fingerprint density at radius 2 is 2.19 bits per heavy atom. The first-order valence-corrected chi connectivity index (χ1v) is 6.34. The van der Waals surface area contributed by atoms with Crippen molar-refractivity contribution in [2.45, 2.75) is 50.1 Å². The Balaban J connectivity index is 1.75. The summed E-state index contributed by atoms with van der Waals surface area (Å²) in [6.45, 7) is 2.06. The first kappa shape index (κ1) is 11.9. The molecule has 4 nitrogen and oxygen atoms in total. The van der Waals surface area contributed by atoms with Crippen molar-refractivity contribution in [1.29, 1.82) is 0 Å². The molecular formula is C12H23N3O. The molecule has 4 heteroatoms. The second kappa shape index (κ2) is 4.72. The lowest BCUT2D eigenvalue weighted by atomic mass is 9.94. The van der Waals surface area contributed by atoms with E-state index in [1.54, 1.807) is 0 Å². The zero-order valence-corrected chi connectivity index (χ0v) is 10.2. The Morgan fingerprint density at radius 1 is 1.50 bits per heavy atom. The highest BCUT2D eigenvalue weighted by Crippen LogP contribution is 2.29. The number of carbonyl (C=O) groups excluding carboxylic acids is 1. The Hall–Kier alpha value is -0.610. The van der Waals surface area contributed by atoms with E-state index < -0.39 is 0 Å². The third-order valence-electron chi connectivity index (χ3n) is 3.87. The van der Waals surface area contributed by atoms with E-state index in [0.29, 0.717) is 12.5 Å². The number of nitrogens with two attached hydrogens (primary N) is 1. The maximum atomic E-state index is 11.9. The molecule has 1 atom stereocenters. The van der Waals surface area contributed by atoms with Gasteiger partial charge >= 0.3 is 0 Å². The van der Waals surface area contributed by atoms with E-state index >= 15 is 0 Å². The first-order chi connectivity index (χ1) is 7.57. The van der Waals surface area contributed by atoms with Gasteiger partial charge in [0.25, 0.3) is 0 Å². The van der Waals surface area contributed by atoms with Gasteiger partial charge in [-0.2, -0.15) is 0 Å². The maximum absolute atomic E-state index is 11.9. The van der Waals surface area contributed by atoms with Crippen molar-refractivity contribution < 1.29 is 4.79 Å². The molecule has 2 rings (SSSR count). The molecule has 0 radical (unpaired) electrons. The highest BCUT2D eigenvalue weighted by Gasteiger charge is 2.32. The molecule has 1 aliphatic heterocycles. The van der Waals surface area contributed by atoms with Crippen molar-refractivity contribution >= 4 is 5.91 Å². The van der Waals surface area contributed by atoms with Gasteiger partial charge in [-0.05, 0) is 32.9 Å². The number of nitrogens with one attached hydrogen (secondary N) is 1. The minimum atomic E-state index is -0.214. The van der Waals surface area contributed by atoms with Crippen LogP contribution in [-0.4, -0.2) is 42.5 Å². The van der Waals surface area contributed by atoms with E-state index in [-0.39, 0.29) is 11.4 Å². The minimum absolute atomic E-state index is 0.143. The van der Waals surface area contributed by atoms with Gasteiger partial charge in [0.05, 0.1) is 0 Å². The largest absolute Gasteiger partial charge is 0.352 e. The summed E-state index contributed by atoms with van der Waals surface area (Å²) in [7, 11) is 2.09. The summed E-state index contributed by atoms with van der Waals surface area (Å²) in [4.78, 5) is 14.1. The molecule has 0 aromatic rings. The second-order valence-corrected chi connectivity index (χ2v) is 5.56. The molecule has 0 bridgehead atoms. The lowest BCUT2D eigenvalue weighted by Crippen LogP contribution is -2.45. The van der Waals surface area contributed by atoms with E-state index in [1.807, 2.05) is 0 Å². The topological polar surface area (TPSA) is 58.4 Å². The Kier molecular flexibility index (Phi) is 3.50. The van der Waals surface area contributed by atoms with Crippen molar-refractivity contribution in [3.05, 3.63) is 0 Å². The van der Waals surface area contributed by atoms with Gasteiger partial charge in [0.2, 0.25) is 5.91 Å². The van der Waals surface area contributed by atoms with E-state index in [0.717, 1.165) is 32.4 Å². The van der Waals surface area contributed by atoms with Crippen molar-refractivity contribution in [3.8, 4) is 0 Å². The van der Waals surface area contributed by atoms with E-state index in [4.69, 9.17) is 5.73 Å². The van der Waals surface area contributed by atoms with Gasteiger partial charge in [0, 0.05) is 24.5 Å². The Morgan fingerprint density at radius 3 is 2.75 bits per heavy atom. The fraction of sp³-hybridized carbons (Fsp3) is 0.917. The van der Waals surface area contributed by atoms with E-state index in [9.17, 15) is 4.79 Å². The van der Waals surface area contributed by atoms with Crippen LogP contribution in [0.15, 0.2) is 0 Å². The predicted molar refractivity (Wildman–Crippen MR) is 64.0 cm³/mol. The molecular weight excluding hydrogens is 202 g/mol. The number of carbonyl (C=O) groups is 1. The van der Waals surface area contributed by atoms with Gasteiger partial charge in [0.1, 0.15) is 0 Å². The molecule has 0 spiro atoms. The monoisotopic (exact) mass is 225 g/mol. The number of amides is 1. The summed E-state index contributed by atoms with van der Waals surface area (Å²) in [6.07, 6.45) is 5.94. The summed E-state index contributed by atoms with van der Waals surface area (Å²) < 4.78 is 0. The molecule has 2 aliphatic rings. The quantitative estimate of drug-likeness (QED) is 0.734. The van der Waals surface area contributed by atoms with Crippen molar-refractivity contribution in [2.75, 3.05) is 20.1 Å². The molecule has 3 N–H and O–H groups in total. The van der Waals surface area contributed by atoms with Crippen LogP contribution in [0.2, 0.25) is 0 Å². The summed E-state index contributed by atoms with van der Waals surface area (Å²) in [5, 5.41) is 3.10. The molecule has 1 unspecified atom stereocenters. The van der Waals surface area contributed by atoms with Crippen LogP contribution in [0.5, 0.6) is 0 Å². The number of hydrogen-bond donors (Lipinski definition) is 2. The third-order valence-corrected chi connectivity index (χ3v) is 3.87. The van der Waals surface area contributed by atoms with Crippen LogP contribution in [0.3, 0.4) is 0 Å². The second-order valence-electron chi connectivity index (χ2n) is 5.56. The lowest BCUT2D eigenvalue weighted by molar-refractivity contribution is -0.122. The minimum Gasteiger partial charge on any atom is -0.352 e. The van der Waals surface area contributed by atoms with Crippen LogP contribution in [0.1, 0.15) is 38.5 Å². The van der Waals surface area contributed by atoms with Gasteiger partial charge in [0.15, 0.2) is 0 Å². The highest BCUT2D eigenvalue weighted by molar-refractivity contribution is 5.77. The summed E-state index contributed by atoms with van der Waals surface area (Å²) in [5.41, 5.74) is 5.98. The first-order valence-electron chi connectivity index (χ1n) is 6.34. The van der Waals surface area contributed by atoms with Crippen LogP contribution in [0.4, 0.5) is 0 Å². The molecule has 92 valence electrons. The van der Waals surface area contributed by atoms with Crippen LogP contribution >= 0.6 is 0 Å². The zero-order valence-electron chi connectivity index (χ0n) is 10.2. The van der Waals surface area contributed by atoms with Crippen LogP contribution in [-0.2, 0) is 4.79 Å². The van der Waals surface area contributed by atoms with Crippen LogP contribution < -0.4 is 11.1 Å². The van der Waals surface area contributed by atoms with Gasteiger partial charge in [-0.25, -0.2) is 0 Å². The van der Waals surface area contributed by atoms with Gasteiger partial charge in [-0.15, -0.1) is 0 Å². The standard InChI is InChI=1S/C12H23N3O/c1-15-7-4-10(9-15)14-11(16)8-12(13)5-2-3-6-12/h10H,2-9,13H2,1H3,(H,14,16). The number of likely N-dealkylation sites (tertiary alicyclic amines) is 1. The van der Waals surface area contributed by atoms with Crippen molar-refractivity contribution in [3.63, 3.8) is 0 Å². The van der Waals surface area contributed by atoms with Crippen molar-refractivity contribution in [1.82, 2.24) is 10.2 Å². The predicted octanol–water partition coefficient (Wildman–Crippen LogP) is 0.468. The Bertz CT molecular complexity index is 261. The fourth-order valence-electron chi connectivity index (χ4n) is 2.91. The smallest absolute Gasteiger partial charge is 0.222 e. The number of likely N-dealkylation sites (N-methyl/N-ethyl adjacent to an activating group) is 1. The van der Waals surface area contributed by atoms with Gasteiger partial charge in [-0.1, -0.05) is 12.8 Å². The van der Waals surface area contributed by atoms with Crippen molar-refractivity contribution in [2.24, 2.45) is 5.73 Å². The average molecular weight is 225 g/mol. The summed E-state index contributed by atoms with van der Waals surface area (Å²) >= 11 is 0. The van der Waals surface area contributed by atoms with Crippen LogP contribution in [0, 0.1) is 0 Å². The SMILES string of the molecule is CN1CCC(NC(=O)CC2(N)CCCC2)C1. The molecule has 0 aromatic carbocycles. The molecule has 1 saturated carbocycles. The molecule has 16 heavy (non-hydrogen) atoms. The molecule has 2 fully saturated rings. The molecule has 1 amide bonds. The number of hydrogen-bond acceptors (Lipinski definition) is 3. The molecule has 1 heterocycles. The highest BCUT2D eigenvalue weighted by atomic mass is 16.1.